The second kappa shape index (κ2) is 11.6. The highest BCUT2D eigenvalue weighted by Crippen LogP contribution is 2.22. The highest BCUT2D eigenvalue weighted by molar-refractivity contribution is 5.94. The van der Waals surface area contributed by atoms with Gasteiger partial charge >= 0.3 is 12.1 Å². The maximum Gasteiger partial charge on any atom is 0.490 e. The summed E-state index contributed by atoms with van der Waals surface area (Å²) < 4.78 is 38.9. The van der Waals surface area contributed by atoms with E-state index in [2.05, 4.69) is 30.2 Å². The van der Waals surface area contributed by atoms with Gasteiger partial charge in [-0.25, -0.2) is 14.8 Å². The third kappa shape index (κ3) is 7.21. The summed E-state index contributed by atoms with van der Waals surface area (Å²) in [6.07, 6.45) is 3.74. The van der Waals surface area contributed by atoms with Gasteiger partial charge in [-0.2, -0.15) is 13.2 Å². The van der Waals surface area contributed by atoms with Gasteiger partial charge in [0.2, 0.25) is 5.95 Å². The Hall–Kier alpha value is -4.07. The zero-order chi connectivity index (χ0) is 26.3. The number of carboxylic acid groups (broad SMARTS) is 1. The van der Waals surface area contributed by atoms with Crippen molar-refractivity contribution in [3.8, 4) is 11.1 Å². The number of anilines is 1. The van der Waals surface area contributed by atoms with Gasteiger partial charge in [0.05, 0.1) is 37.3 Å². The van der Waals surface area contributed by atoms with Crippen LogP contribution in [0.2, 0.25) is 0 Å². The number of rotatable bonds is 5. The van der Waals surface area contributed by atoms with E-state index >= 15 is 0 Å². The van der Waals surface area contributed by atoms with Crippen molar-refractivity contribution in [2.75, 3.05) is 31.2 Å². The molecule has 0 aromatic carbocycles. The van der Waals surface area contributed by atoms with E-state index < -0.39 is 12.1 Å². The molecule has 0 spiro atoms. The molecule has 1 amide bonds. The van der Waals surface area contributed by atoms with E-state index in [4.69, 9.17) is 14.6 Å². The molecule has 0 saturated carbocycles. The quantitative estimate of drug-likeness (QED) is 0.531. The lowest BCUT2D eigenvalue weighted by Gasteiger charge is -2.26. The second-order valence-electron chi connectivity index (χ2n) is 7.73. The summed E-state index contributed by atoms with van der Waals surface area (Å²) in [6, 6.07) is 1.84. The van der Waals surface area contributed by atoms with Crippen molar-refractivity contribution in [2.24, 2.45) is 7.05 Å². The predicted molar refractivity (Wildman–Crippen MR) is 121 cm³/mol. The number of ether oxygens (including phenoxy) is 1. The fourth-order valence-corrected chi connectivity index (χ4v) is 3.12. The number of halogens is 3. The summed E-state index contributed by atoms with van der Waals surface area (Å²) in [5.74, 6) is -2.23. The molecule has 0 radical (unpaired) electrons. The van der Waals surface area contributed by atoms with Gasteiger partial charge in [-0.1, -0.05) is 0 Å². The third-order valence-corrected chi connectivity index (χ3v) is 5.01. The predicted octanol–water partition coefficient (Wildman–Crippen LogP) is 1.98. The van der Waals surface area contributed by atoms with Gasteiger partial charge in [0.1, 0.15) is 5.69 Å². The van der Waals surface area contributed by atoms with Crippen LogP contribution in [0.15, 0.2) is 37.1 Å². The van der Waals surface area contributed by atoms with Crippen LogP contribution >= 0.6 is 0 Å². The number of carbonyl (C=O) groups is 2. The van der Waals surface area contributed by atoms with Crippen LogP contribution in [-0.2, 0) is 23.1 Å². The second-order valence-corrected chi connectivity index (χ2v) is 7.73. The fourth-order valence-electron chi connectivity index (χ4n) is 3.12. The molecule has 192 valence electrons. The zero-order valence-electron chi connectivity index (χ0n) is 19.5. The molecule has 14 heteroatoms. The molecule has 36 heavy (non-hydrogen) atoms. The maximum atomic E-state index is 12.6. The average molecular weight is 507 g/mol. The Bertz CT molecular complexity index is 1180. The topological polar surface area (TPSA) is 135 Å². The van der Waals surface area contributed by atoms with Crippen molar-refractivity contribution in [3.05, 3.63) is 54.1 Å². The van der Waals surface area contributed by atoms with Crippen LogP contribution in [0.1, 0.15) is 21.9 Å². The molecular weight excluding hydrogens is 483 g/mol. The molecule has 2 N–H and O–H groups in total. The molecule has 0 aliphatic carbocycles. The summed E-state index contributed by atoms with van der Waals surface area (Å²) in [7, 11) is 1.84. The molecule has 0 unspecified atom stereocenters. The molecule has 0 atom stereocenters. The van der Waals surface area contributed by atoms with E-state index in [0.29, 0.717) is 37.1 Å². The Labute approximate surface area is 204 Å². The van der Waals surface area contributed by atoms with Crippen LogP contribution in [0.3, 0.4) is 0 Å². The fraction of sp³-hybridized carbons (Fsp3) is 0.364. The number of hydrogen-bond donors (Lipinski definition) is 2. The van der Waals surface area contributed by atoms with E-state index in [-0.39, 0.29) is 5.91 Å². The van der Waals surface area contributed by atoms with Crippen LogP contribution in [0.5, 0.6) is 0 Å². The summed E-state index contributed by atoms with van der Waals surface area (Å²) in [6.45, 7) is 5.16. The number of hydrogen-bond acceptors (Lipinski definition) is 8. The van der Waals surface area contributed by atoms with E-state index in [1.54, 1.807) is 29.4 Å². The Kier molecular flexibility index (Phi) is 8.53. The number of aliphatic carboxylic acids is 1. The third-order valence-electron chi connectivity index (χ3n) is 5.01. The molecule has 0 bridgehead atoms. The molecule has 3 aromatic heterocycles. The minimum atomic E-state index is -5.08. The van der Waals surface area contributed by atoms with Gasteiger partial charge in [0.15, 0.2) is 0 Å². The van der Waals surface area contributed by atoms with E-state index in [1.165, 1.54) is 0 Å². The largest absolute Gasteiger partial charge is 0.490 e. The highest BCUT2D eigenvalue weighted by Gasteiger charge is 2.38. The first-order chi connectivity index (χ1) is 17.0. The van der Waals surface area contributed by atoms with Crippen molar-refractivity contribution in [3.63, 3.8) is 0 Å². The van der Waals surface area contributed by atoms with Crippen molar-refractivity contribution in [1.82, 2.24) is 29.8 Å². The van der Waals surface area contributed by atoms with Crippen molar-refractivity contribution in [1.29, 1.82) is 0 Å². The number of nitrogens with zero attached hydrogens (tertiary/aromatic N) is 6. The first kappa shape index (κ1) is 26.5. The molecule has 4 rings (SSSR count). The molecule has 1 saturated heterocycles. The van der Waals surface area contributed by atoms with Crippen molar-refractivity contribution in [2.45, 2.75) is 19.6 Å². The molecule has 1 aliphatic rings. The Morgan fingerprint density at radius 3 is 2.25 bits per heavy atom. The molecular formula is C22H24F3N7O4. The Balaban J connectivity index is 0.000000454. The van der Waals surface area contributed by atoms with Crippen molar-refractivity contribution < 1.29 is 32.6 Å². The number of morpholine rings is 1. The van der Waals surface area contributed by atoms with Crippen LogP contribution in [0, 0.1) is 6.92 Å². The lowest BCUT2D eigenvalue weighted by Crippen LogP contribution is -2.37. The number of aromatic nitrogens is 5. The lowest BCUT2D eigenvalue weighted by molar-refractivity contribution is -0.192. The molecule has 1 aliphatic heterocycles. The zero-order valence-corrected chi connectivity index (χ0v) is 19.5. The van der Waals surface area contributed by atoms with Gasteiger partial charge in [0.25, 0.3) is 5.91 Å². The minimum absolute atomic E-state index is 0.174. The SMILES string of the molecule is Cc1cnc(CNC(=O)c2cc(-c3cnc(N4CCOCC4)nc3)cn2C)cn1.O=C(O)C(F)(F)F. The van der Waals surface area contributed by atoms with Gasteiger partial charge < -0.3 is 24.6 Å². The highest BCUT2D eigenvalue weighted by atomic mass is 19.4. The van der Waals surface area contributed by atoms with Gasteiger partial charge in [-0.3, -0.25) is 14.8 Å². The monoisotopic (exact) mass is 507 g/mol. The Morgan fingerprint density at radius 1 is 1.06 bits per heavy atom. The molecule has 11 nitrogen and oxygen atoms in total. The Morgan fingerprint density at radius 2 is 1.69 bits per heavy atom. The summed E-state index contributed by atoms with van der Waals surface area (Å²) in [5.41, 5.74) is 3.86. The van der Waals surface area contributed by atoms with E-state index in [1.807, 2.05) is 26.2 Å². The van der Waals surface area contributed by atoms with Crippen LogP contribution in [-0.4, -0.2) is 74.0 Å². The molecule has 3 aromatic rings. The standard InChI is InChI=1S/C20H23N7O2.C2HF3O2/c1-14-8-22-17(11-21-14)12-23-19(28)18-7-15(13-26(18)2)16-9-24-20(25-10-16)27-3-5-29-6-4-27;3-2(4,5)1(6)7/h7-11,13H,3-6,12H2,1-2H3,(H,23,28);(H,6,7). The first-order valence-corrected chi connectivity index (χ1v) is 10.7. The average Bonchev–Trinajstić information content (AvgIpc) is 3.25. The summed E-state index contributed by atoms with van der Waals surface area (Å²) in [4.78, 5) is 41.0. The normalized spacial score (nSPS) is 13.5. The number of amides is 1. The summed E-state index contributed by atoms with van der Waals surface area (Å²) >= 11 is 0. The van der Waals surface area contributed by atoms with Crippen LogP contribution in [0.4, 0.5) is 19.1 Å². The van der Waals surface area contributed by atoms with Crippen LogP contribution < -0.4 is 10.2 Å². The maximum absolute atomic E-state index is 12.6. The first-order valence-electron chi connectivity index (χ1n) is 10.7. The number of alkyl halides is 3. The van der Waals surface area contributed by atoms with Gasteiger partial charge in [-0.05, 0) is 13.0 Å². The van der Waals surface area contributed by atoms with Crippen LogP contribution in [0.25, 0.3) is 11.1 Å². The molecule has 4 heterocycles. The van der Waals surface area contributed by atoms with Gasteiger partial charge in [0, 0.05) is 56.1 Å². The summed E-state index contributed by atoms with van der Waals surface area (Å²) in [5, 5.41) is 10.0. The van der Waals surface area contributed by atoms with Crippen molar-refractivity contribution >= 4 is 17.8 Å². The number of carbonyl (C=O) groups excluding carboxylic acids is 1. The van der Waals surface area contributed by atoms with E-state index in [9.17, 15) is 18.0 Å². The minimum Gasteiger partial charge on any atom is -0.475 e. The van der Waals surface area contributed by atoms with Gasteiger partial charge in [-0.15, -0.1) is 0 Å². The molecule has 1 fully saturated rings. The van der Waals surface area contributed by atoms with E-state index in [0.717, 1.165) is 29.9 Å². The number of nitrogens with one attached hydrogen (secondary N) is 1. The lowest BCUT2D eigenvalue weighted by atomic mass is 10.2. The smallest absolute Gasteiger partial charge is 0.475 e. The number of carboxylic acids is 1. The number of aryl methyl sites for hydroxylation is 2.